The van der Waals surface area contributed by atoms with Gasteiger partial charge in [-0.2, -0.15) is 0 Å². The number of para-hydroxylation sites is 3. The summed E-state index contributed by atoms with van der Waals surface area (Å²) in [5.41, 5.74) is 15.9. The zero-order chi connectivity index (χ0) is 45.9. The smallest absolute Gasteiger partial charge is 0.497 e. The zero-order valence-corrected chi connectivity index (χ0v) is 41.3. The van der Waals surface area contributed by atoms with Crippen LogP contribution in [0.25, 0.3) is 89.1 Å². The first-order chi connectivity index (χ1) is 32.5. The summed E-state index contributed by atoms with van der Waals surface area (Å²) in [5, 5.41) is 2.24. The molecule has 0 aliphatic carbocycles. The fourth-order valence-electron chi connectivity index (χ4n) is 9.23. The fourth-order valence-corrected chi connectivity index (χ4v) is 9.23. The van der Waals surface area contributed by atoms with Crippen LogP contribution in [0, 0.1) is 12.1 Å². The molecule has 0 unspecified atom stereocenters. The van der Waals surface area contributed by atoms with Gasteiger partial charge >= 0.3 is 21.1 Å². The number of pyridine rings is 1. The molecule has 0 spiro atoms. The van der Waals surface area contributed by atoms with E-state index in [0.29, 0.717) is 11.5 Å². The van der Waals surface area contributed by atoms with Crippen LogP contribution in [0.5, 0.6) is 11.5 Å². The van der Waals surface area contributed by atoms with Gasteiger partial charge in [-0.15, -0.1) is 47.5 Å². The van der Waals surface area contributed by atoms with Crippen molar-refractivity contribution in [3.05, 3.63) is 218 Å². The molecular formula is C62H50N4OPt. The normalized spacial score (nSPS) is 11.9. The standard InChI is InChI=1S/C62H50N4O.Pt/c1-61(2,3)45-31-33-56(50(37-45)41-19-9-7-10-20-41)65-55-29-15-13-27-49(55)52-40-63-54(39-59(52)65)43-23-17-25-47(35-43)67-48-26-18-24-44(36-48)60-64-53-28-14-16-30-58(53)66(60)57-34-32-46(62(4,5)6)38-51(57)42-21-11-8-12-22-42;/h7-34,37-40H,1-6H3;/q-2;+2. The van der Waals surface area contributed by atoms with Gasteiger partial charge in [0.15, 0.2) is 0 Å². The van der Waals surface area contributed by atoms with Crippen LogP contribution in [0.1, 0.15) is 52.7 Å². The van der Waals surface area contributed by atoms with Crippen LogP contribution in [0.4, 0.5) is 0 Å². The molecule has 8 aromatic carbocycles. The van der Waals surface area contributed by atoms with Crippen molar-refractivity contribution in [1.29, 1.82) is 0 Å². The average molecular weight is 1060 g/mol. The van der Waals surface area contributed by atoms with Crippen molar-refractivity contribution < 1.29 is 25.8 Å². The number of hydrogen-bond donors (Lipinski definition) is 0. The molecule has 0 saturated heterocycles. The topological polar surface area (TPSA) is 44.9 Å². The minimum Gasteiger partial charge on any atom is -0.497 e. The maximum Gasteiger partial charge on any atom is 2.00 e. The van der Waals surface area contributed by atoms with E-state index in [4.69, 9.17) is 14.7 Å². The second kappa shape index (κ2) is 17.7. The quantitative estimate of drug-likeness (QED) is 0.142. The summed E-state index contributed by atoms with van der Waals surface area (Å²) >= 11 is 0. The van der Waals surface area contributed by atoms with Gasteiger partial charge in [0.1, 0.15) is 0 Å². The minimum absolute atomic E-state index is 0. The van der Waals surface area contributed by atoms with E-state index in [2.05, 4.69) is 214 Å². The first-order valence-corrected chi connectivity index (χ1v) is 23.0. The van der Waals surface area contributed by atoms with Crippen molar-refractivity contribution in [3.8, 4) is 67.8 Å². The Labute approximate surface area is 413 Å². The third-order valence-electron chi connectivity index (χ3n) is 12.8. The Morgan fingerprint density at radius 3 is 1.60 bits per heavy atom. The van der Waals surface area contributed by atoms with Crippen LogP contribution in [0.2, 0.25) is 0 Å². The zero-order valence-electron chi connectivity index (χ0n) is 39.0. The minimum atomic E-state index is -0.0238. The summed E-state index contributed by atoms with van der Waals surface area (Å²) in [5.74, 6) is 1.91. The molecule has 11 aromatic rings. The molecule has 0 bridgehead atoms. The summed E-state index contributed by atoms with van der Waals surface area (Å²) in [6.07, 6.45) is 2.00. The number of fused-ring (bicyclic) bond motifs is 4. The Balaban J connectivity index is 0.00000539. The van der Waals surface area contributed by atoms with E-state index >= 15 is 0 Å². The number of hydrogen-bond acceptors (Lipinski definition) is 3. The first-order valence-electron chi connectivity index (χ1n) is 23.0. The Morgan fingerprint density at radius 1 is 0.456 bits per heavy atom. The van der Waals surface area contributed by atoms with E-state index in [1.54, 1.807) is 0 Å². The van der Waals surface area contributed by atoms with Crippen LogP contribution < -0.4 is 4.74 Å². The van der Waals surface area contributed by atoms with Gasteiger partial charge in [-0.1, -0.05) is 163 Å². The molecule has 11 rings (SSSR count). The molecule has 0 atom stereocenters. The van der Waals surface area contributed by atoms with E-state index in [9.17, 15) is 0 Å². The molecule has 0 radical (unpaired) electrons. The fraction of sp³-hybridized carbons (Fsp3) is 0.129. The molecule has 3 aromatic heterocycles. The van der Waals surface area contributed by atoms with E-state index in [1.165, 1.54) is 22.3 Å². The summed E-state index contributed by atoms with van der Waals surface area (Å²) < 4.78 is 11.3. The van der Waals surface area contributed by atoms with Crippen molar-refractivity contribution in [2.75, 3.05) is 0 Å². The van der Waals surface area contributed by atoms with Crippen LogP contribution in [-0.2, 0) is 31.9 Å². The van der Waals surface area contributed by atoms with Crippen molar-refractivity contribution in [2.45, 2.75) is 52.4 Å². The maximum absolute atomic E-state index is 6.62. The number of rotatable bonds is 8. The number of nitrogens with zero attached hydrogens (tertiary/aromatic N) is 4. The number of aromatic nitrogens is 4. The first kappa shape index (κ1) is 44.5. The SMILES string of the molecule is CC(C)(C)c1ccc(-n2c(-c3[c-]c(Oc4[c-]c(-c5cc6c(cn5)c5ccccc5n6-c5ccc(C(C)(C)C)cc5-c5ccccc5)ccc4)ccc3)nc3ccccc32)c(-c2ccccc2)c1.[Pt+2]. The van der Waals surface area contributed by atoms with Crippen molar-refractivity contribution in [3.63, 3.8) is 0 Å². The molecule has 68 heavy (non-hydrogen) atoms. The predicted octanol–water partition coefficient (Wildman–Crippen LogP) is 16.2. The van der Waals surface area contributed by atoms with Gasteiger partial charge < -0.3 is 18.9 Å². The Bertz CT molecular complexity index is 3630. The molecule has 5 nitrogen and oxygen atoms in total. The van der Waals surface area contributed by atoms with Gasteiger partial charge in [0.2, 0.25) is 0 Å². The molecule has 6 heteroatoms. The van der Waals surface area contributed by atoms with Gasteiger partial charge in [-0.25, -0.2) is 0 Å². The maximum atomic E-state index is 6.62. The Hall–Kier alpha value is -7.33. The molecule has 0 aliphatic rings. The van der Waals surface area contributed by atoms with Crippen LogP contribution in [-0.4, -0.2) is 19.1 Å². The Morgan fingerprint density at radius 2 is 0.985 bits per heavy atom. The molecule has 0 fully saturated rings. The van der Waals surface area contributed by atoms with E-state index in [-0.39, 0.29) is 31.9 Å². The number of imidazole rings is 1. The van der Waals surface area contributed by atoms with Gasteiger partial charge in [0.05, 0.1) is 28.1 Å². The summed E-state index contributed by atoms with van der Waals surface area (Å²) in [6.45, 7) is 13.6. The number of ether oxygens (including phenoxy) is 1. The van der Waals surface area contributed by atoms with Crippen molar-refractivity contribution in [1.82, 2.24) is 19.1 Å². The van der Waals surface area contributed by atoms with Gasteiger partial charge in [0.25, 0.3) is 0 Å². The van der Waals surface area contributed by atoms with Crippen molar-refractivity contribution in [2.24, 2.45) is 0 Å². The van der Waals surface area contributed by atoms with Crippen LogP contribution in [0.3, 0.4) is 0 Å². The molecule has 0 saturated carbocycles. The molecule has 0 aliphatic heterocycles. The second-order valence-corrected chi connectivity index (χ2v) is 19.4. The molecular weight excluding hydrogens is 1010 g/mol. The monoisotopic (exact) mass is 1060 g/mol. The molecule has 0 amide bonds. The molecule has 0 N–H and O–H groups in total. The van der Waals surface area contributed by atoms with Gasteiger partial charge in [-0.3, -0.25) is 4.98 Å². The average Bonchev–Trinajstić information content (AvgIpc) is 3.90. The largest absolute Gasteiger partial charge is 2.00 e. The second-order valence-electron chi connectivity index (χ2n) is 19.4. The van der Waals surface area contributed by atoms with E-state index in [1.807, 2.05) is 42.6 Å². The molecule has 334 valence electrons. The third kappa shape index (κ3) is 8.26. The third-order valence-corrected chi connectivity index (χ3v) is 12.8. The van der Waals surface area contributed by atoms with Crippen LogP contribution >= 0.6 is 0 Å². The summed E-state index contributed by atoms with van der Waals surface area (Å²) in [4.78, 5) is 10.3. The van der Waals surface area contributed by atoms with E-state index < -0.39 is 0 Å². The summed E-state index contributed by atoms with van der Waals surface area (Å²) in [6, 6.07) is 73.2. The predicted molar refractivity (Wildman–Crippen MR) is 277 cm³/mol. The van der Waals surface area contributed by atoms with Gasteiger partial charge in [0, 0.05) is 50.8 Å². The number of benzene rings is 8. The van der Waals surface area contributed by atoms with E-state index in [0.717, 1.165) is 78.0 Å². The van der Waals surface area contributed by atoms with Crippen LogP contribution in [0.15, 0.2) is 194 Å². The van der Waals surface area contributed by atoms with Crippen molar-refractivity contribution >= 4 is 32.8 Å². The van der Waals surface area contributed by atoms with Gasteiger partial charge in [-0.05, 0) is 81.2 Å². The molecule has 3 heterocycles. The summed E-state index contributed by atoms with van der Waals surface area (Å²) in [7, 11) is 0. The Kier molecular flexibility index (Phi) is 11.6.